The fourth-order valence-electron chi connectivity index (χ4n) is 12.4. The second-order valence-corrected chi connectivity index (χ2v) is 30.0. The van der Waals surface area contributed by atoms with Gasteiger partial charge in [0.05, 0.1) is 37.1 Å². The fraction of sp³-hybridized carbons (Fsp3) is 0.581. The second kappa shape index (κ2) is 46.9. The number of nitrogens with zero attached hydrogens (tertiary/aromatic N) is 1. The quantitative estimate of drug-likeness (QED) is 0.0187. The van der Waals surface area contributed by atoms with E-state index in [0.29, 0.717) is 34.9 Å². The van der Waals surface area contributed by atoms with Crippen LogP contribution >= 0.6 is 11.8 Å². The average molecular weight is 1600 g/mol. The number of Topliss-reactive ketones (excluding diaryl/α,β-unsaturated/α-hetero) is 1. The van der Waals surface area contributed by atoms with Crippen molar-refractivity contribution >= 4 is 123 Å². The summed E-state index contributed by atoms with van der Waals surface area (Å²) in [6.45, 7) is 10.2. The smallest absolute Gasteiger partial charge is 0.248 e. The summed E-state index contributed by atoms with van der Waals surface area (Å²) >= 11 is 1.31. The number of para-hydroxylation sites is 1. The molecule has 0 saturated carbocycles. The van der Waals surface area contributed by atoms with Gasteiger partial charge in [-0.2, -0.15) is 11.8 Å². The Morgan fingerprint density at radius 1 is 0.558 bits per heavy atom. The summed E-state index contributed by atoms with van der Waals surface area (Å²) in [5.74, 6) is -17.1. The number of H-pyrrole nitrogens is 1. The van der Waals surface area contributed by atoms with Crippen molar-refractivity contribution in [2.24, 2.45) is 52.2 Å². The number of phenols is 1. The van der Waals surface area contributed by atoms with Crippen LogP contribution in [-0.4, -0.2) is 231 Å². The van der Waals surface area contributed by atoms with Crippen LogP contribution in [0.1, 0.15) is 143 Å². The number of unbranched alkanes of at least 4 members (excludes halogenated alkanes) is 1. The highest BCUT2D eigenvalue weighted by Crippen LogP contribution is 2.23. The molecular formula is C74H113N19O19S. The van der Waals surface area contributed by atoms with Gasteiger partial charge in [-0.1, -0.05) is 58.0 Å². The first-order valence-electron chi connectivity index (χ1n) is 37.5. The van der Waals surface area contributed by atoms with Gasteiger partial charge in [-0.25, -0.2) is 0 Å². The molecule has 2 aromatic carbocycles. The van der Waals surface area contributed by atoms with Gasteiger partial charge >= 0.3 is 0 Å². The van der Waals surface area contributed by atoms with Crippen molar-refractivity contribution in [3.63, 3.8) is 0 Å². The molecule has 2 heterocycles. The number of ketones is 1. The molecule has 4 rings (SSSR count). The number of aromatic hydroxyl groups is 1. The molecule has 1 aliphatic rings. The number of aliphatic hydroxyl groups excluding tert-OH is 1. The zero-order valence-electron chi connectivity index (χ0n) is 65.0. The Kier molecular flexibility index (Phi) is 39.2. The molecule has 1 aromatic heterocycles. The Morgan fingerprint density at radius 3 is 1.65 bits per heavy atom. The number of hydrogen-bond acceptors (Lipinski definition) is 22. The minimum absolute atomic E-state index is 0.00840. The van der Waals surface area contributed by atoms with Crippen molar-refractivity contribution in [1.29, 1.82) is 0 Å². The number of likely N-dealkylation sites (tertiary alicyclic amines) is 1. The number of fused-ring (bicyclic) bond motifs is 1. The molecule has 3 aromatic rings. The van der Waals surface area contributed by atoms with Gasteiger partial charge in [-0.3, -0.25) is 81.5 Å². The number of carbonyl (C=O) groups is 17. The predicted molar refractivity (Wildman–Crippen MR) is 415 cm³/mol. The van der Waals surface area contributed by atoms with E-state index in [-0.39, 0.29) is 101 Å². The number of nitrogens with one attached hydrogen (secondary N) is 12. The first kappa shape index (κ1) is 94.6. The van der Waals surface area contributed by atoms with Crippen molar-refractivity contribution in [1.82, 2.24) is 68.4 Å². The monoisotopic (exact) mass is 1600 g/mol. The number of nitrogens with two attached hydrogens (primary N) is 6. The Morgan fingerprint density at radius 2 is 1.08 bits per heavy atom. The van der Waals surface area contributed by atoms with Gasteiger partial charge in [0.25, 0.3) is 0 Å². The molecule has 16 amide bonds. The molecule has 1 saturated heterocycles. The summed E-state index contributed by atoms with van der Waals surface area (Å²) in [6, 6.07) is -4.51. The van der Waals surface area contributed by atoms with E-state index >= 15 is 0 Å². The molecule has 39 heteroatoms. The Labute approximate surface area is 659 Å². The molecule has 0 spiro atoms. The van der Waals surface area contributed by atoms with Crippen molar-refractivity contribution in [3.8, 4) is 5.75 Å². The van der Waals surface area contributed by atoms with Crippen LogP contribution in [0.4, 0.5) is 0 Å². The number of hydrogen-bond donors (Lipinski definition) is 20. The average Bonchev–Trinajstić information content (AvgIpc) is 1.72. The molecule has 0 radical (unpaired) electrons. The highest BCUT2D eigenvalue weighted by Gasteiger charge is 2.43. The van der Waals surface area contributed by atoms with Crippen molar-refractivity contribution in [3.05, 3.63) is 65.9 Å². The third-order valence-corrected chi connectivity index (χ3v) is 19.2. The van der Waals surface area contributed by atoms with Gasteiger partial charge in [-0.15, -0.1) is 0 Å². The van der Waals surface area contributed by atoms with Gasteiger partial charge in [0.2, 0.25) is 94.5 Å². The zero-order valence-corrected chi connectivity index (χ0v) is 65.8. The summed E-state index contributed by atoms with van der Waals surface area (Å²) in [4.78, 5) is 234. The number of primary amides is 4. The van der Waals surface area contributed by atoms with Gasteiger partial charge < -0.3 is 113 Å². The Balaban J connectivity index is 1.53. The first-order chi connectivity index (χ1) is 53.2. The van der Waals surface area contributed by atoms with E-state index in [1.165, 1.54) is 56.8 Å². The molecule has 0 unspecified atom stereocenters. The lowest BCUT2D eigenvalue weighted by Crippen LogP contribution is -2.61. The summed E-state index contributed by atoms with van der Waals surface area (Å²) < 4.78 is 0. The molecule has 113 heavy (non-hydrogen) atoms. The topological polar surface area (TPSA) is 638 Å². The standard InChI is InChI=1S/C74H113N19O19S/c1-37(2)30-52(69(107)86-49(16-11-12-27-75)66(104)82-36-60(99)83-39(5)62(100)46(63(80)101)22-24-57(77)96)90-71(109)54(32-42-18-20-44(95)21-19-42)91-70(108)53(31-38(3)4)89-68(106)51(26-29-113-8)85-64(102)40(6)84-67(105)50(23-25-58(78)97)87-73(111)56-17-13-28-93(56)74(112)61(41(7)94)92-72(110)55(88-65(103)47(76)34-59(79)98)33-43-35-81-48-15-10-9-14-45(43)48/h9-10,14-15,18-21,35,37-41,46-47,49-56,61,81,94-95H,11-13,16-17,22-34,36,75-76H2,1-8H3,(H2,77,96)(H2,78,97)(H2,79,98)(H2,80,101)(H,82,104)(H,83,99)(H,84,105)(H,85,102)(H,86,107)(H,87,111)(H,88,103)(H,89,106)(H,90,109)(H,91,108)(H,92,110)/t39-,40-,41+,46+,47-,49-,50-,51-,52-,53-,54-,55-,56-,61-/m0/s1. The van der Waals surface area contributed by atoms with Gasteiger partial charge in [-0.05, 0) is 145 Å². The van der Waals surface area contributed by atoms with Gasteiger partial charge in [0, 0.05) is 49.3 Å². The van der Waals surface area contributed by atoms with Gasteiger partial charge in [0.1, 0.15) is 66.2 Å². The lowest BCUT2D eigenvalue weighted by molar-refractivity contribution is -0.144. The van der Waals surface area contributed by atoms with Crippen LogP contribution in [-0.2, 0) is 94.3 Å². The second-order valence-electron chi connectivity index (χ2n) is 29.0. The van der Waals surface area contributed by atoms with Crippen LogP contribution in [0.15, 0.2) is 54.7 Å². The van der Waals surface area contributed by atoms with Crippen LogP contribution in [0.25, 0.3) is 10.9 Å². The number of benzene rings is 2. The largest absolute Gasteiger partial charge is 0.508 e. The molecule has 0 aliphatic carbocycles. The Hall–Kier alpha value is -10.8. The van der Waals surface area contributed by atoms with E-state index in [0.717, 1.165) is 4.90 Å². The highest BCUT2D eigenvalue weighted by atomic mass is 32.2. The molecule has 1 aliphatic heterocycles. The van der Waals surface area contributed by atoms with Crippen LogP contribution < -0.4 is 92.9 Å². The number of thioether (sulfide) groups is 1. The molecular weight excluding hydrogens is 1490 g/mol. The van der Waals surface area contributed by atoms with Crippen molar-refractivity contribution in [2.75, 3.05) is 31.6 Å². The van der Waals surface area contributed by atoms with Crippen LogP contribution in [0.3, 0.4) is 0 Å². The van der Waals surface area contributed by atoms with E-state index in [2.05, 4.69) is 63.5 Å². The number of aliphatic hydroxyl groups is 1. The summed E-state index contributed by atoms with van der Waals surface area (Å²) in [5.41, 5.74) is 34.7. The Bertz CT molecular complexity index is 3840. The summed E-state index contributed by atoms with van der Waals surface area (Å²) in [5, 5.41) is 50.2. The molecule has 0 bridgehead atoms. The molecule has 1 fully saturated rings. The molecule has 26 N–H and O–H groups in total. The molecule has 624 valence electrons. The van der Waals surface area contributed by atoms with E-state index in [9.17, 15) is 91.7 Å². The van der Waals surface area contributed by atoms with Crippen LogP contribution in [0.2, 0.25) is 0 Å². The number of amides is 16. The SMILES string of the molecule is CSCC[C@H](NC(=O)[C@H](C)NC(=O)[C@H](CCC(N)=O)NC(=O)[C@@H]1CCCN1C(=O)[C@@H](NC(=O)[C@H](Cc1c[nH]c2ccccc12)NC(=O)[C@@H](N)CC(N)=O)[C@@H](C)O)C(=O)N[C@@H](CC(C)C)C(=O)N[C@@H](Cc1ccc(O)cc1)C(=O)N[C@@H](CC(C)C)C(=O)N[C@@H](CCCCN)C(=O)NCC(=O)N[C@@H](C)C(=O)[C@@H](CCC(N)=O)C(N)=O. The summed E-state index contributed by atoms with van der Waals surface area (Å²) in [6.07, 6.45) is 0.201. The zero-order chi connectivity index (χ0) is 84.5. The third kappa shape index (κ3) is 31.7. The molecule has 38 nitrogen and oxygen atoms in total. The van der Waals surface area contributed by atoms with E-state index in [1.807, 2.05) is 0 Å². The number of phenolic OH excluding ortho intramolecular Hbond substituents is 1. The summed E-state index contributed by atoms with van der Waals surface area (Å²) in [7, 11) is 0. The fourth-order valence-corrected chi connectivity index (χ4v) is 12.9. The van der Waals surface area contributed by atoms with Crippen molar-refractivity contribution in [2.45, 2.75) is 223 Å². The number of aromatic amines is 1. The predicted octanol–water partition coefficient (Wildman–Crippen LogP) is -4.59. The minimum Gasteiger partial charge on any atom is -0.508 e. The number of aromatic nitrogens is 1. The molecule has 14 atom stereocenters. The van der Waals surface area contributed by atoms with E-state index < -0.39 is 211 Å². The maximum atomic E-state index is 14.7. The minimum atomic E-state index is -1.73. The third-order valence-electron chi connectivity index (χ3n) is 18.5. The van der Waals surface area contributed by atoms with Crippen molar-refractivity contribution < 1.29 is 91.7 Å². The van der Waals surface area contributed by atoms with Crippen LogP contribution in [0, 0.1) is 17.8 Å². The number of rotatable bonds is 50. The van der Waals surface area contributed by atoms with E-state index in [1.54, 1.807) is 64.4 Å². The normalized spacial score (nSPS) is 16.1. The first-order valence-corrected chi connectivity index (χ1v) is 38.9. The highest BCUT2D eigenvalue weighted by molar-refractivity contribution is 7.98. The van der Waals surface area contributed by atoms with E-state index in [4.69, 9.17) is 34.4 Å². The lowest BCUT2D eigenvalue weighted by atomic mass is 9.93. The lowest BCUT2D eigenvalue weighted by Gasteiger charge is -2.32. The maximum absolute atomic E-state index is 14.7. The number of carbonyl (C=O) groups excluding carboxylic acids is 17. The maximum Gasteiger partial charge on any atom is 0.248 e. The van der Waals surface area contributed by atoms with Gasteiger partial charge in [0.15, 0.2) is 5.78 Å². The van der Waals surface area contributed by atoms with Crippen LogP contribution in [0.5, 0.6) is 5.75 Å².